The van der Waals surface area contributed by atoms with Crippen LogP contribution in [0.2, 0.25) is 5.02 Å². The van der Waals surface area contributed by atoms with Crippen LogP contribution in [0.25, 0.3) is 0 Å². The predicted octanol–water partition coefficient (Wildman–Crippen LogP) is 2.93. The number of nitrogens with zero attached hydrogens (tertiary/aromatic N) is 1. The molecule has 0 saturated heterocycles. The molecule has 0 atom stereocenters. The molecule has 0 heterocycles. The smallest absolute Gasteiger partial charge is 0.211 e. The monoisotopic (exact) mass is 334 g/mol. The van der Waals surface area contributed by atoms with Gasteiger partial charge in [0.1, 0.15) is 0 Å². The summed E-state index contributed by atoms with van der Waals surface area (Å²) < 4.78 is 26.7. The maximum absolute atomic E-state index is 12.1. The highest BCUT2D eigenvalue weighted by atomic mass is 35.5. The number of nitrogens with one attached hydrogen (secondary N) is 1. The minimum Gasteiger partial charge on any atom is -0.211 e. The molecule has 0 unspecified atom stereocenters. The lowest BCUT2D eigenvalue weighted by Gasteiger charge is -2.07. The van der Waals surface area contributed by atoms with Crippen LogP contribution in [0.1, 0.15) is 11.1 Å². The molecule has 0 aliphatic rings. The van der Waals surface area contributed by atoms with E-state index in [9.17, 15) is 8.42 Å². The highest BCUT2D eigenvalue weighted by molar-refractivity contribution is 7.89. The summed E-state index contributed by atoms with van der Waals surface area (Å²) >= 11 is 5.75. The van der Waals surface area contributed by atoms with E-state index in [2.05, 4.69) is 10.8 Å². The van der Waals surface area contributed by atoms with E-state index in [0.29, 0.717) is 24.4 Å². The van der Waals surface area contributed by atoms with Crippen LogP contribution in [0.4, 0.5) is 0 Å². The van der Waals surface area contributed by atoms with Crippen molar-refractivity contribution in [3.8, 4) is 6.07 Å². The zero-order chi connectivity index (χ0) is 16.0. The Morgan fingerprint density at radius 1 is 1.00 bits per heavy atom. The fourth-order valence-corrected chi connectivity index (χ4v) is 3.10. The average molecular weight is 335 g/mol. The molecule has 0 bridgehead atoms. The zero-order valence-corrected chi connectivity index (χ0v) is 13.4. The van der Waals surface area contributed by atoms with E-state index in [-0.39, 0.29) is 4.90 Å². The lowest BCUT2D eigenvalue weighted by atomic mass is 10.1. The molecule has 0 radical (unpaired) electrons. The van der Waals surface area contributed by atoms with E-state index in [1.54, 1.807) is 12.1 Å². The Bertz CT molecular complexity index is 763. The third kappa shape index (κ3) is 4.57. The molecule has 0 aliphatic heterocycles. The molecule has 2 aromatic rings. The third-order valence-electron chi connectivity index (χ3n) is 3.14. The molecule has 114 valence electrons. The van der Waals surface area contributed by atoms with E-state index in [0.717, 1.165) is 11.1 Å². The van der Waals surface area contributed by atoms with Gasteiger partial charge in [-0.3, -0.25) is 0 Å². The van der Waals surface area contributed by atoms with E-state index < -0.39 is 10.0 Å². The van der Waals surface area contributed by atoms with Crippen LogP contribution in [-0.4, -0.2) is 15.0 Å². The Labute approximate surface area is 135 Å². The molecule has 1 N–H and O–H groups in total. The van der Waals surface area contributed by atoms with E-state index in [1.807, 2.05) is 24.3 Å². The summed E-state index contributed by atoms with van der Waals surface area (Å²) in [5.74, 6) is 0. The second-order valence-electron chi connectivity index (χ2n) is 4.75. The molecule has 0 aliphatic carbocycles. The van der Waals surface area contributed by atoms with Crippen molar-refractivity contribution in [2.24, 2.45) is 0 Å². The second kappa shape index (κ2) is 7.41. The predicted molar refractivity (Wildman–Crippen MR) is 86.1 cm³/mol. The maximum Gasteiger partial charge on any atom is 0.240 e. The number of hydrogen-bond donors (Lipinski definition) is 1. The van der Waals surface area contributed by atoms with Crippen molar-refractivity contribution in [2.75, 3.05) is 6.54 Å². The standard InChI is InChI=1S/C16H15ClN2O2S/c17-15-5-7-16(8-6-15)22(20,21)19-12-10-14-3-1-13(2-4-14)9-11-18/h1-8,19H,9-10,12H2. The lowest BCUT2D eigenvalue weighted by Crippen LogP contribution is -2.25. The minimum atomic E-state index is -3.52. The lowest BCUT2D eigenvalue weighted by molar-refractivity contribution is 0.581. The molecule has 0 fully saturated rings. The Morgan fingerprint density at radius 2 is 1.59 bits per heavy atom. The second-order valence-corrected chi connectivity index (χ2v) is 6.96. The van der Waals surface area contributed by atoms with Crippen molar-refractivity contribution in [1.29, 1.82) is 5.26 Å². The van der Waals surface area contributed by atoms with E-state index in [4.69, 9.17) is 16.9 Å². The molecule has 0 aromatic heterocycles. The van der Waals surface area contributed by atoms with Gasteiger partial charge in [0.05, 0.1) is 17.4 Å². The molecular weight excluding hydrogens is 320 g/mol. The summed E-state index contributed by atoms with van der Waals surface area (Å²) in [6, 6.07) is 15.7. The van der Waals surface area contributed by atoms with Crippen LogP contribution in [0.3, 0.4) is 0 Å². The summed E-state index contributed by atoms with van der Waals surface area (Å²) in [6.45, 7) is 0.308. The van der Waals surface area contributed by atoms with Gasteiger partial charge in [-0.2, -0.15) is 5.26 Å². The number of nitriles is 1. The minimum absolute atomic E-state index is 0.196. The highest BCUT2D eigenvalue weighted by Gasteiger charge is 2.12. The average Bonchev–Trinajstić information content (AvgIpc) is 2.50. The third-order valence-corrected chi connectivity index (χ3v) is 4.86. The summed E-state index contributed by atoms with van der Waals surface area (Å²) in [4.78, 5) is 0.196. The first-order chi connectivity index (χ1) is 10.5. The van der Waals surface area contributed by atoms with Crippen LogP contribution in [0.5, 0.6) is 0 Å². The highest BCUT2D eigenvalue weighted by Crippen LogP contribution is 2.14. The van der Waals surface area contributed by atoms with Gasteiger partial charge < -0.3 is 0 Å². The van der Waals surface area contributed by atoms with Crippen LogP contribution in [-0.2, 0) is 22.9 Å². The van der Waals surface area contributed by atoms with Crippen molar-refractivity contribution < 1.29 is 8.42 Å². The first-order valence-electron chi connectivity index (χ1n) is 6.71. The van der Waals surface area contributed by atoms with Crippen molar-refractivity contribution in [3.05, 3.63) is 64.7 Å². The van der Waals surface area contributed by atoms with Crippen molar-refractivity contribution >= 4 is 21.6 Å². The fraction of sp³-hybridized carbons (Fsp3) is 0.188. The SMILES string of the molecule is N#CCc1ccc(CCNS(=O)(=O)c2ccc(Cl)cc2)cc1. The van der Waals surface area contributed by atoms with Crippen LogP contribution in [0, 0.1) is 11.3 Å². The Balaban J connectivity index is 1.92. The van der Waals surface area contributed by atoms with Gasteiger partial charge in [-0.15, -0.1) is 0 Å². The molecule has 0 amide bonds. The van der Waals surface area contributed by atoms with Gasteiger partial charge in [0.15, 0.2) is 0 Å². The number of rotatable bonds is 6. The van der Waals surface area contributed by atoms with Crippen molar-refractivity contribution in [2.45, 2.75) is 17.7 Å². The Kier molecular flexibility index (Phi) is 5.56. The number of halogens is 1. The molecular formula is C16H15ClN2O2S. The zero-order valence-electron chi connectivity index (χ0n) is 11.8. The van der Waals surface area contributed by atoms with Crippen LogP contribution in [0.15, 0.2) is 53.4 Å². The first-order valence-corrected chi connectivity index (χ1v) is 8.57. The number of sulfonamides is 1. The van der Waals surface area contributed by atoms with Gasteiger partial charge in [0.25, 0.3) is 0 Å². The molecule has 0 saturated carbocycles. The molecule has 0 spiro atoms. The largest absolute Gasteiger partial charge is 0.240 e. The summed E-state index contributed by atoms with van der Waals surface area (Å²) in [7, 11) is -3.52. The van der Waals surface area contributed by atoms with Crippen molar-refractivity contribution in [3.63, 3.8) is 0 Å². The van der Waals surface area contributed by atoms with Gasteiger partial charge in [0.2, 0.25) is 10.0 Å². The van der Waals surface area contributed by atoms with Crippen LogP contribution < -0.4 is 4.72 Å². The van der Waals surface area contributed by atoms with Gasteiger partial charge >= 0.3 is 0 Å². The molecule has 6 heteroatoms. The summed E-state index contributed by atoms with van der Waals surface area (Å²) in [5, 5.41) is 9.11. The van der Waals surface area contributed by atoms with Gasteiger partial charge in [-0.05, 0) is 41.8 Å². The maximum atomic E-state index is 12.1. The number of benzene rings is 2. The molecule has 4 nitrogen and oxygen atoms in total. The Hall–Kier alpha value is -1.87. The van der Waals surface area contributed by atoms with E-state index >= 15 is 0 Å². The van der Waals surface area contributed by atoms with Gasteiger partial charge in [0, 0.05) is 11.6 Å². The first kappa shape index (κ1) is 16.5. The molecule has 2 aromatic carbocycles. The van der Waals surface area contributed by atoms with Gasteiger partial charge in [-0.1, -0.05) is 35.9 Å². The van der Waals surface area contributed by atoms with Gasteiger partial charge in [-0.25, -0.2) is 13.1 Å². The fourth-order valence-electron chi connectivity index (χ4n) is 1.94. The normalized spacial score (nSPS) is 11.1. The van der Waals surface area contributed by atoms with E-state index in [1.165, 1.54) is 12.1 Å². The van der Waals surface area contributed by atoms with Crippen molar-refractivity contribution in [1.82, 2.24) is 4.72 Å². The number of hydrogen-bond acceptors (Lipinski definition) is 3. The topological polar surface area (TPSA) is 70.0 Å². The molecule has 22 heavy (non-hydrogen) atoms. The quantitative estimate of drug-likeness (QED) is 0.883. The van der Waals surface area contributed by atoms with Crippen LogP contribution >= 0.6 is 11.6 Å². The Morgan fingerprint density at radius 3 is 2.18 bits per heavy atom. The summed E-state index contributed by atoms with van der Waals surface area (Å²) in [6.07, 6.45) is 0.961. The molecule has 2 rings (SSSR count). The summed E-state index contributed by atoms with van der Waals surface area (Å²) in [5.41, 5.74) is 1.97.